The van der Waals surface area contributed by atoms with Crippen LogP contribution in [0.1, 0.15) is 32.5 Å². The second kappa shape index (κ2) is 7.87. The average molecular weight is 321 g/mol. The Morgan fingerprint density at radius 1 is 1.43 bits per heavy atom. The molecule has 0 unspecified atom stereocenters. The first-order chi connectivity index (χ1) is 11.1. The SMILES string of the molecule is CC[C@@H](C)[C@@H](CO)NC(=O)CCc1nnc2ccc(OC)nn12. The molecule has 2 aromatic rings. The third kappa shape index (κ3) is 4.16. The van der Waals surface area contributed by atoms with E-state index >= 15 is 0 Å². The Morgan fingerprint density at radius 2 is 2.22 bits per heavy atom. The van der Waals surface area contributed by atoms with Crippen LogP contribution in [-0.2, 0) is 11.2 Å². The Labute approximate surface area is 134 Å². The molecule has 0 aliphatic heterocycles. The van der Waals surface area contributed by atoms with Crippen molar-refractivity contribution in [2.45, 2.75) is 39.2 Å². The fourth-order valence-electron chi connectivity index (χ4n) is 2.24. The number of methoxy groups -OCH3 is 1. The maximum Gasteiger partial charge on any atom is 0.231 e. The number of rotatable bonds is 8. The first-order valence-electron chi connectivity index (χ1n) is 7.74. The van der Waals surface area contributed by atoms with Gasteiger partial charge in [-0.05, 0) is 12.0 Å². The molecular weight excluding hydrogens is 298 g/mol. The molecule has 0 bridgehead atoms. The zero-order valence-electron chi connectivity index (χ0n) is 13.7. The van der Waals surface area contributed by atoms with E-state index in [0.717, 1.165) is 6.42 Å². The van der Waals surface area contributed by atoms with E-state index in [4.69, 9.17) is 4.74 Å². The minimum Gasteiger partial charge on any atom is -0.480 e. The fourth-order valence-corrected chi connectivity index (χ4v) is 2.24. The monoisotopic (exact) mass is 321 g/mol. The molecule has 126 valence electrons. The standard InChI is InChI=1S/C15H23N5O3/c1-4-10(2)11(9-21)16-14(22)7-5-12-17-18-13-6-8-15(23-3)19-20(12)13/h6,8,10-11,21H,4-5,7,9H2,1-3H3,(H,16,22)/t10-,11-/m1/s1. The maximum atomic E-state index is 12.1. The van der Waals surface area contributed by atoms with Crippen LogP contribution in [0.3, 0.4) is 0 Å². The molecule has 2 aromatic heterocycles. The second-order valence-electron chi connectivity index (χ2n) is 5.50. The second-order valence-corrected chi connectivity index (χ2v) is 5.50. The molecule has 23 heavy (non-hydrogen) atoms. The average Bonchev–Trinajstić information content (AvgIpc) is 2.99. The number of nitrogens with zero attached hydrogens (tertiary/aromatic N) is 4. The number of hydrogen-bond donors (Lipinski definition) is 2. The number of amides is 1. The summed E-state index contributed by atoms with van der Waals surface area (Å²) in [7, 11) is 1.54. The first kappa shape index (κ1) is 17.1. The van der Waals surface area contributed by atoms with Crippen molar-refractivity contribution >= 4 is 11.6 Å². The molecule has 2 rings (SSSR count). The number of aryl methyl sites for hydroxylation is 1. The van der Waals surface area contributed by atoms with Crippen molar-refractivity contribution in [3.05, 3.63) is 18.0 Å². The van der Waals surface area contributed by atoms with E-state index in [1.807, 2.05) is 13.8 Å². The molecule has 0 fully saturated rings. The number of aliphatic hydroxyl groups is 1. The predicted molar refractivity (Wildman–Crippen MR) is 84.1 cm³/mol. The lowest BCUT2D eigenvalue weighted by Gasteiger charge is -2.21. The van der Waals surface area contributed by atoms with Crippen molar-refractivity contribution in [3.8, 4) is 5.88 Å². The Bertz CT molecular complexity index is 658. The van der Waals surface area contributed by atoms with Crippen LogP contribution in [0.15, 0.2) is 12.1 Å². The van der Waals surface area contributed by atoms with Gasteiger partial charge in [0.25, 0.3) is 0 Å². The number of aromatic nitrogens is 4. The van der Waals surface area contributed by atoms with E-state index in [-0.39, 0.29) is 30.9 Å². The summed E-state index contributed by atoms with van der Waals surface area (Å²) in [5.41, 5.74) is 0.606. The van der Waals surface area contributed by atoms with Crippen LogP contribution in [0.5, 0.6) is 5.88 Å². The number of carbonyl (C=O) groups is 1. The maximum absolute atomic E-state index is 12.1. The van der Waals surface area contributed by atoms with Crippen molar-refractivity contribution in [1.29, 1.82) is 0 Å². The van der Waals surface area contributed by atoms with E-state index in [1.54, 1.807) is 16.6 Å². The van der Waals surface area contributed by atoms with Gasteiger partial charge in [-0.25, -0.2) is 0 Å². The number of nitrogens with one attached hydrogen (secondary N) is 1. The summed E-state index contributed by atoms with van der Waals surface area (Å²) < 4.78 is 6.66. The Hall–Kier alpha value is -2.22. The molecule has 1 amide bonds. The molecule has 0 aliphatic carbocycles. The Balaban J connectivity index is 1.99. The minimum atomic E-state index is -0.221. The van der Waals surface area contributed by atoms with Gasteiger partial charge >= 0.3 is 0 Å². The van der Waals surface area contributed by atoms with Gasteiger partial charge in [-0.3, -0.25) is 4.79 Å². The molecule has 0 saturated carbocycles. The fraction of sp³-hybridized carbons (Fsp3) is 0.600. The molecule has 0 radical (unpaired) electrons. The summed E-state index contributed by atoms with van der Waals surface area (Å²) in [6.07, 6.45) is 1.56. The van der Waals surface area contributed by atoms with E-state index in [1.165, 1.54) is 7.11 Å². The smallest absolute Gasteiger partial charge is 0.231 e. The van der Waals surface area contributed by atoms with Crippen molar-refractivity contribution in [2.24, 2.45) is 5.92 Å². The summed E-state index contributed by atoms with van der Waals surface area (Å²) in [5.74, 6) is 1.16. The predicted octanol–water partition coefficient (Wildman–Crippen LogP) is 0.589. The Kier molecular flexibility index (Phi) is 5.86. The van der Waals surface area contributed by atoms with Crippen molar-refractivity contribution in [2.75, 3.05) is 13.7 Å². The van der Waals surface area contributed by atoms with Gasteiger partial charge in [0.2, 0.25) is 11.8 Å². The highest BCUT2D eigenvalue weighted by Crippen LogP contribution is 2.10. The van der Waals surface area contributed by atoms with E-state index in [9.17, 15) is 9.90 Å². The van der Waals surface area contributed by atoms with Crippen LogP contribution in [0.2, 0.25) is 0 Å². The van der Waals surface area contributed by atoms with Gasteiger partial charge in [-0.15, -0.1) is 15.3 Å². The molecule has 0 aliphatic rings. The van der Waals surface area contributed by atoms with Crippen LogP contribution >= 0.6 is 0 Å². The lowest BCUT2D eigenvalue weighted by Crippen LogP contribution is -2.42. The van der Waals surface area contributed by atoms with E-state index < -0.39 is 0 Å². The van der Waals surface area contributed by atoms with Gasteiger partial charge in [-0.1, -0.05) is 20.3 Å². The lowest BCUT2D eigenvalue weighted by molar-refractivity contribution is -0.122. The molecule has 8 heteroatoms. The van der Waals surface area contributed by atoms with Gasteiger partial charge in [-0.2, -0.15) is 4.52 Å². The van der Waals surface area contributed by atoms with Crippen LogP contribution in [-0.4, -0.2) is 50.6 Å². The quantitative estimate of drug-likeness (QED) is 0.738. The van der Waals surface area contributed by atoms with Gasteiger partial charge in [0.15, 0.2) is 11.5 Å². The minimum absolute atomic E-state index is 0.0621. The van der Waals surface area contributed by atoms with Crippen LogP contribution in [0, 0.1) is 5.92 Å². The molecule has 0 aromatic carbocycles. The van der Waals surface area contributed by atoms with Crippen LogP contribution in [0.4, 0.5) is 0 Å². The normalized spacial score (nSPS) is 13.7. The van der Waals surface area contributed by atoms with Gasteiger partial charge in [0.1, 0.15) is 0 Å². The van der Waals surface area contributed by atoms with Crippen molar-refractivity contribution < 1.29 is 14.6 Å². The highest BCUT2D eigenvalue weighted by molar-refractivity contribution is 5.76. The van der Waals surface area contributed by atoms with Crippen molar-refractivity contribution in [3.63, 3.8) is 0 Å². The topological polar surface area (TPSA) is 102 Å². The number of aliphatic hydroxyl groups excluding tert-OH is 1. The van der Waals surface area contributed by atoms with Crippen molar-refractivity contribution in [1.82, 2.24) is 25.1 Å². The van der Waals surface area contributed by atoms with Gasteiger partial charge < -0.3 is 15.2 Å². The third-order valence-corrected chi connectivity index (χ3v) is 3.96. The summed E-state index contributed by atoms with van der Waals surface area (Å²) in [4.78, 5) is 12.1. The van der Waals surface area contributed by atoms with Crippen LogP contribution in [0.25, 0.3) is 5.65 Å². The molecule has 0 saturated heterocycles. The molecule has 2 atom stereocenters. The van der Waals surface area contributed by atoms with Crippen LogP contribution < -0.4 is 10.1 Å². The summed E-state index contributed by atoms with van der Waals surface area (Å²) in [5, 5.41) is 24.5. The largest absolute Gasteiger partial charge is 0.480 e. The number of ether oxygens (including phenoxy) is 1. The first-order valence-corrected chi connectivity index (χ1v) is 7.74. The third-order valence-electron chi connectivity index (χ3n) is 3.96. The molecule has 2 N–H and O–H groups in total. The highest BCUT2D eigenvalue weighted by atomic mass is 16.5. The number of fused-ring (bicyclic) bond motifs is 1. The summed E-state index contributed by atoms with van der Waals surface area (Å²) in [6, 6.07) is 3.24. The Morgan fingerprint density at radius 3 is 2.87 bits per heavy atom. The van der Waals surface area contributed by atoms with E-state index in [0.29, 0.717) is 23.8 Å². The summed E-state index contributed by atoms with van der Waals surface area (Å²) in [6.45, 7) is 3.97. The lowest BCUT2D eigenvalue weighted by atomic mass is 10.00. The summed E-state index contributed by atoms with van der Waals surface area (Å²) >= 11 is 0. The molecule has 2 heterocycles. The number of carbonyl (C=O) groups excluding carboxylic acids is 1. The highest BCUT2D eigenvalue weighted by Gasteiger charge is 2.18. The van der Waals surface area contributed by atoms with E-state index in [2.05, 4.69) is 20.6 Å². The number of hydrogen-bond acceptors (Lipinski definition) is 6. The molecule has 8 nitrogen and oxygen atoms in total. The zero-order chi connectivity index (χ0) is 16.8. The van der Waals surface area contributed by atoms with Gasteiger partial charge in [0, 0.05) is 18.9 Å². The zero-order valence-corrected chi connectivity index (χ0v) is 13.7. The molecule has 0 spiro atoms. The molecular formula is C15H23N5O3. The van der Waals surface area contributed by atoms with Gasteiger partial charge in [0.05, 0.1) is 19.8 Å².